The normalized spacial score (nSPS) is 13.9. The number of rotatable bonds is 5. The molecule has 3 aromatic rings. The van der Waals surface area contributed by atoms with Crippen molar-refractivity contribution in [3.63, 3.8) is 0 Å². The van der Waals surface area contributed by atoms with Gasteiger partial charge in [0.05, 0.1) is 23.3 Å². The standard InChI is InChI=1S/C25H21NO3S/c1-16-13-17(2)15-18(14-16)26-24(27)22(20-11-7-8-12-21(20)29-3)23(25(26)28)30-19-9-5-4-6-10-19/h4-15H,1-3H3. The zero-order chi connectivity index (χ0) is 21.3. The number of hydrogen-bond donors (Lipinski definition) is 0. The Labute approximate surface area is 180 Å². The molecule has 150 valence electrons. The van der Waals surface area contributed by atoms with Crippen LogP contribution in [-0.2, 0) is 9.59 Å². The van der Waals surface area contributed by atoms with Crippen molar-refractivity contribution >= 4 is 34.8 Å². The summed E-state index contributed by atoms with van der Waals surface area (Å²) in [5, 5.41) is 0. The SMILES string of the molecule is COc1ccccc1C1=C(Sc2ccccc2)C(=O)N(c2cc(C)cc(C)c2)C1=O. The fourth-order valence-electron chi connectivity index (χ4n) is 3.61. The Hall–Kier alpha value is -3.31. The minimum absolute atomic E-state index is 0.320. The first-order valence-corrected chi connectivity index (χ1v) is 10.4. The third-order valence-electron chi connectivity index (χ3n) is 4.85. The topological polar surface area (TPSA) is 46.6 Å². The zero-order valence-corrected chi connectivity index (χ0v) is 17.8. The van der Waals surface area contributed by atoms with Gasteiger partial charge in [0.15, 0.2) is 0 Å². The molecular weight excluding hydrogens is 394 g/mol. The van der Waals surface area contributed by atoms with E-state index in [0.29, 0.717) is 27.5 Å². The first-order chi connectivity index (χ1) is 14.5. The minimum atomic E-state index is -0.340. The van der Waals surface area contributed by atoms with Gasteiger partial charge in [-0.15, -0.1) is 0 Å². The van der Waals surface area contributed by atoms with E-state index in [9.17, 15) is 9.59 Å². The number of anilines is 1. The Kier molecular flexibility index (Phi) is 5.46. The van der Waals surface area contributed by atoms with E-state index in [2.05, 4.69) is 0 Å². The van der Waals surface area contributed by atoms with Crippen LogP contribution in [0.3, 0.4) is 0 Å². The summed E-state index contributed by atoms with van der Waals surface area (Å²) in [5.41, 5.74) is 3.55. The highest BCUT2D eigenvalue weighted by Gasteiger charge is 2.41. The number of ether oxygens (including phenoxy) is 1. The third kappa shape index (κ3) is 3.64. The lowest BCUT2D eigenvalue weighted by molar-refractivity contribution is -0.119. The third-order valence-corrected chi connectivity index (χ3v) is 5.94. The average Bonchev–Trinajstić information content (AvgIpc) is 2.97. The maximum atomic E-state index is 13.6. The maximum Gasteiger partial charge on any atom is 0.272 e. The van der Waals surface area contributed by atoms with Gasteiger partial charge in [-0.3, -0.25) is 9.59 Å². The number of methoxy groups -OCH3 is 1. The van der Waals surface area contributed by atoms with Gasteiger partial charge in [-0.05, 0) is 55.3 Å². The van der Waals surface area contributed by atoms with Gasteiger partial charge in [0.2, 0.25) is 0 Å². The van der Waals surface area contributed by atoms with Crippen LogP contribution in [0.4, 0.5) is 5.69 Å². The second-order valence-corrected chi connectivity index (χ2v) is 8.19. The summed E-state index contributed by atoms with van der Waals surface area (Å²) in [6.45, 7) is 3.91. The Morgan fingerprint density at radius 1 is 0.800 bits per heavy atom. The zero-order valence-electron chi connectivity index (χ0n) is 17.0. The number of benzene rings is 3. The van der Waals surface area contributed by atoms with E-state index < -0.39 is 0 Å². The van der Waals surface area contributed by atoms with E-state index in [4.69, 9.17) is 4.74 Å². The molecule has 3 aromatic carbocycles. The molecule has 4 rings (SSSR count). The molecule has 5 heteroatoms. The van der Waals surface area contributed by atoms with Crippen molar-refractivity contribution in [1.82, 2.24) is 0 Å². The van der Waals surface area contributed by atoms with Crippen molar-refractivity contribution in [3.8, 4) is 5.75 Å². The molecule has 0 N–H and O–H groups in total. The van der Waals surface area contributed by atoms with Crippen molar-refractivity contribution in [1.29, 1.82) is 0 Å². The van der Waals surface area contributed by atoms with Crippen molar-refractivity contribution in [2.75, 3.05) is 12.0 Å². The average molecular weight is 416 g/mol. The van der Waals surface area contributed by atoms with Gasteiger partial charge < -0.3 is 4.74 Å². The number of amides is 2. The highest BCUT2D eigenvalue weighted by Crippen LogP contribution is 2.43. The molecule has 1 heterocycles. The molecule has 1 aliphatic rings. The van der Waals surface area contributed by atoms with Gasteiger partial charge in [-0.1, -0.05) is 54.2 Å². The lowest BCUT2D eigenvalue weighted by Gasteiger charge is -2.17. The van der Waals surface area contributed by atoms with E-state index in [1.807, 2.05) is 80.6 Å². The van der Waals surface area contributed by atoms with Gasteiger partial charge in [-0.2, -0.15) is 0 Å². The van der Waals surface area contributed by atoms with Gasteiger partial charge in [-0.25, -0.2) is 4.90 Å². The van der Waals surface area contributed by atoms with Crippen LogP contribution < -0.4 is 9.64 Å². The molecule has 0 radical (unpaired) electrons. The number of thioether (sulfide) groups is 1. The highest BCUT2D eigenvalue weighted by molar-refractivity contribution is 8.04. The number of aryl methyl sites for hydroxylation is 2. The number of carbonyl (C=O) groups is 2. The number of para-hydroxylation sites is 1. The number of carbonyl (C=O) groups excluding carboxylic acids is 2. The molecule has 0 unspecified atom stereocenters. The molecule has 0 saturated carbocycles. The van der Waals surface area contributed by atoms with Crippen molar-refractivity contribution in [3.05, 3.63) is 94.4 Å². The Morgan fingerprint density at radius 2 is 1.43 bits per heavy atom. The van der Waals surface area contributed by atoms with E-state index >= 15 is 0 Å². The monoisotopic (exact) mass is 415 g/mol. The Balaban J connectivity index is 1.88. The van der Waals surface area contributed by atoms with Crippen LogP contribution in [0.1, 0.15) is 16.7 Å². The smallest absolute Gasteiger partial charge is 0.272 e. The number of imide groups is 1. The Bertz CT molecular complexity index is 1150. The summed E-state index contributed by atoms with van der Waals surface area (Å²) in [6, 6.07) is 22.6. The van der Waals surface area contributed by atoms with Crippen LogP contribution in [-0.4, -0.2) is 18.9 Å². The van der Waals surface area contributed by atoms with Gasteiger partial charge in [0.1, 0.15) is 5.75 Å². The van der Waals surface area contributed by atoms with Crippen LogP contribution in [0.15, 0.2) is 82.6 Å². The summed E-state index contributed by atoms with van der Waals surface area (Å²) in [7, 11) is 1.56. The van der Waals surface area contributed by atoms with Crippen LogP contribution in [0.25, 0.3) is 5.57 Å². The van der Waals surface area contributed by atoms with Crippen molar-refractivity contribution < 1.29 is 14.3 Å². The largest absolute Gasteiger partial charge is 0.496 e. The number of hydrogen-bond acceptors (Lipinski definition) is 4. The van der Waals surface area contributed by atoms with Gasteiger partial charge in [0.25, 0.3) is 11.8 Å². The molecule has 0 aromatic heterocycles. The molecule has 0 bridgehead atoms. The highest BCUT2D eigenvalue weighted by atomic mass is 32.2. The molecule has 0 saturated heterocycles. The van der Waals surface area contributed by atoms with E-state index in [0.717, 1.165) is 16.0 Å². The van der Waals surface area contributed by atoms with Gasteiger partial charge >= 0.3 is 0 Å². The lowest BCUT2D eigenvalue weighted by atomic mass is 10.0. The van der Waals surface area contributed by atoms with Crippen molar-refractivity contribution in [2.24, 2.45) is 0 Å². The fraction of sp³-hybridized carbons (Fsp3) is 0.120. The summed E-state index contributed by atoms with van der Waals surface area (Å²) in [6.07, 6.45) is 0. The van der Waals surface area contributed by atoms with Crippen LogP contribution in [0.2, 0.25) is 0 Å². The maximum absolute atomic E-state index is 13.6. The second-order valence-electron chi connectivity index (χ2n) is 7.11. The fourth-order valence-corrected chi connectivity index (χ4v) is 4.62. The molecule has 0 spiro atoms. The molecular formula is C25H21NO3S. The van der Waals surface area contributed by atoms with E-state index in [1.165, 1.54) is 16.7 Å². The minimum Gasteiger partial charge on any atom is -0.496 e. The van der Waals surface area contributed by atoms with Crippen molar-refractivity contribution in [2.45, 2.75) is 18.7 Å². The predicted molar refractivity (Wildman–Crippen MR) is 121 cm³/mol. The quantitative estimate of drug-likeness (QED) is 0.524. The van der Waals surface area contributed by atoms with Crippen LogP contribution in [0, 0.1) is 13.8 Å². The predicted octanol–water partition coefficient (Wildman–Crippen LogP) is 5.39. The molecule has 2 amide bonds. The van der Waals surface area contributed by atoms with Crippen LogP contribution >= 0.6 is 11.8 Å². The van der Waals surface area contributed by atoms with Gasteiger partial charge in [0, 0.05) is 10.5 Å². The molecule has 0 aliphatic carbocycles. The lowest BCUT2D eigenvalue weighted by Crippen LogP contribution is -2.31. The summed E-state index contributed by atoms with van der Waals surface area (Å²) in [5.74, 6) is -0.102. The molecule has 0 atom stereocenters. The first-order valence-electron chi connectivity index (χ1n) is 9.57. The second kappa shape index (κ2) is 8.20. The molecule has 4 nitrogen and oxygen atoms in total. The van der Waals surface area contributed by atoms with E-state index in [-0.39, 0.29) is 11.8 Å². The summed E-state index contributed by atoms with van der Waals surface area (Å²) >= 11 is 1.30. The number of nitrogens with zero attached hydrogens (tertiary/aromatic N) is 1. The summed E-state index contributed by atoms with van der Waals surface area (Å²) in [4.78, 5) is 29.7. The molecule has 30 heavy (non-hydrogen) atoms. The summed E-state index contributed by atoms with van der Waals surface area (Å²) < 4.78 is 5.49. The Morgan fingerprint density at radius 3 is 2.10 bits per heavy atom. The molecule has 0 fully saturated rings. The molecule has 1 aliphatic heterocycles. The van der Waals surface area contributed by atoms with E-state index in [1.54, 1.807) is 13.2 Å². The van der Waals surface area contributed by atoms with Crippen LogP contribution in [0.5, 0.6) is 5.75 Å². The first kappa shape index (κ1) is 20.0.